The topological polar surface area (TPSA) is 53.4 Å². The molecule has 0 saturated heterocycles. The first-order valence-electron chi connectivity index (χ1n) is 10.6. The van der Waals surface area contributed by atoms with Gasteiger partial charge in [0.15, 0.2) is 5.69 Å². The van der Waals surface area contributed by atoms with Crippen molar-refractivity contribution in [1.29, 1.82) is 0 Å². The minimum absolute atomic E-state index is 0.235. The monoisotopic (exact) mass is 514 g/mol. The van der Waals surface area contributed by atoms with Crippen molar-refractivity contribution in [3.05, 3.63) is 98.7 Å². The van der Waals surface area contributed by atoms with E-state index in [0.29, 0.717) is 26.6 Å². The van der Waals surface area contributed by atoms with Crippen molar-refractivity contribution in [3.63, 3.8) is 0 Å². The Hall–Kier alpha value is -2.99. The number of aromatic nitrogens is 2. The molecule has 0 aliphatic carbocycles. The van der Waals surface area contributed by atoms with E-state index in [1.165, 1.54) is 0 Å². The van der Waals surface area contributed by atoms with Gasteiger partial charge >= 0.3 is 5.97 Å². The summed E-state index contributed by atoms with van der Waals surface area (Å²) in [5.41, 5.74) is 3.55. The zero-order valence-electron chi connectivity index (χ0n) is 18.5. The number of hydrogen-bond donors (Lipinski definition) is 0. The van der Waals surface area contributed by atoms with E-state index in [0.717, 1.165) is 22.5 Å². The van der Waals surface area contributed by atoms with Crippen LogP contribution in [0.3, 0.4) is 0 Å². The third-order valence-electron chi connectivity index (χ3n) is 5.14. The highest BCUT2D eigenvalue weighted by atomic mass is 35.5. The van der Waals surface area contributed by atoms with Crippen LogP contribution in [-0.4, -0.2) is 22.1 Å². The largest absolute Gasteiger partial charge is 0.488 e. The lowest BCUT2D eigenvalue weighted by Crippen LogP contribution is -2.10. The van der Waals surface area contributed by atoms with Gasteiger partial charge in [0.1, 0.15) is 18.2 Å². The predicted octanol–water partition coefficient (Wildman–Crippen LogP) is 7.56. The van der Waals surface area contributed by atoms with E-state index >= 15 is 0 Å². The van der Waals surface area contributed by atoms with Gasteiger partial charge in [0.05, 0.1) is 12.3 Å². The van der Waals surface area contributed by atoms with Crippen LogP contribution in [0.4, 0.5) is 0 Å². The Morgan fingerprint density at radius 3 is 2.50 bits per heavy atom. The summed E-state index contributed by atoms with van der Waals surface area (Å²) in [5.74, 6) is 0.730. The molecule has 0 radical (unpaired) electrons. The number of benzene rings is 2. The maximum absolute atomic E-state index is 12.2. The number of hydrogen-bond acceptors (Lipinski definition) is 4. The van der Waals surface area contributed by atoms with Crippen LogP contribution in [0.25, 0.3) is 17.1 Å². The van der Waals surface area contributed by atoms with Crippen molar-refractivity contribution in [1.82, 2.24) is 9.55 Å². The molecule has 5 nitrogen and oxygen atoms in total. The zero-order chi connectivity index (χ0) is 24.2. The van der Waals surface area contributed by atoms with Crippen LogP contribution in [0.15, 0.2) is 66.7 Å². The highest BCUT2D eigenvalue weighted by Crippen LogP contribution is 2.36. The van der Waals surface area contributed by atoms with Gasteiger partial charge in [0.25, 0.3) is 0 Å². The highest BCUT2D eigenvalue weighted by molar-refractivity contribution is 6.35. The van der Waals surface area contributed by atoms with Crippen LogP contribution in [-0.2, 0) is 11.3 Å². The highest BCUT2D eigenvalue weighted by Gasteiger charge is 2.17. The molecule has 0 fully saturated rings. The molecular formula is C26H21Cl3N2O3. The second-order valence-corrected chi connectivity index (χ2v) is 8.74. The average Bonchev–Trinajstić information content (AvgIpc) is 3.20. The van der Waals surface area contributed by atoms with E-state index in [1.54, 1.807) is 37.3 Å². The van der Waals surface area contributed by atoms with Gasteiger partial charge in [0, 0.05) is 31.9 Å². The average molecular weight is 516 g/mol. The molecule has 0 aliphatic heterocycles. The summed E-state index contributed by atoms with van der Waals surface area (Å²) in [6, 6.07) is 19.9. The molecule has 0 amide bonds. The molecule has 0 unspecified atom stereocenters. The maximum Gasteiger partial charge on any atom is 0.356 e. The minimum Gasteiger partial charge on any atom is -0.488 e. The van der Waals surface area contributed by atoms with Crippen molar-refractivity contribution in [2.24, 2.45) is 0 Å². The molecule has 0 atom stereocenters. The quantitative estimate of drug-likeness (QED) is 0.238. The second-order valence-electron chi connectivity index (χ2n) is 7.46. The summed E-state index contributed by atoms with van der Waals surface area (Å²) >= 11 is 18.7. The first-order chi connectivity index (χ1) is 16.4. The van der Waals surface area contributed by atoms with Crippen molar-refractivity contribution < 1.29 is 14.3 Å². The van der Waals surface area contributed by atoms with Gasteiger partial charge in [-0.15, -0.1) is 0 Å². The fourth-order valence-corrected chi connectivity index (χ4v) is 4.18. The molecule has 34 heavy (non-hydrogen) atoms. The molecule has 0 spiro atoms. The Morgan fingerprint density at radius 2 is 1.74 bits per heavy atom. The van der Waals surface area contributed by atoms with Gasteiger partial charge in [-0.25, -0.2) is 9.78 Å². The number of ether oxygens (including phenoxy) is 2. The molecule has 0 bridgehead atoms. The number of nitrogens with zero attached hydrogens (tertiary/aromatic N) is 2. The Labute approximate surface area is 212 Å². The Morgan fingerprint density at radius 1 is 0.971 bits per heavy atom. The molecule has 2 aromatic carbocycles. The fourth-order valence-electron chi connectivity index (χ4n) is 3.54. The minimum atomic E-state index is -0.470. The lowest BCUT2D eigenvalue weighted by molar-refractivity contribution is 0.0519. The van der Waals surface area contributed by atoms with Crippen LogP contribution in [0.2, 0.25) is 15.1 Å². The van der Waals surface area contributed by atoms with Crippen LogP contribution < -0.4 is 4.74 Å². The molecule has 2 aromatic heterocycles. The first kappa shape index (κ1) is 24.1. The fraction of sp³-hybridized carbons (Fsp3) is 0.154. The molecule has 0 aliphatic rings. The summed E-state index contributed by atoms with van der Waals surface area (Å²) < 4.78 is 13.2. The summed E-state index contributed by atoms with van der Waals surface area (Å²) in [6.07, 6.45) is 0. The number of rotatable bonds is 7. The van der Waals surface area contributed by atoms with Gasteiger partial charge in [-0.05, 0) is 68.4 Å². The van der Waals surface area contributed by atoms with Gasteiger partial charge in [0.2, 0.25) is 0 Å². The molecule has 174 valence electrons. The molecular weight excluding hydrogens is 495 g/mol. The first-order valence-corrected chi connectivity index (χ1v) is 11.7. The van der Waals surface area contributed by atoms with E-state index in [9.17, 15) is 4.79 Å². The standard InChI is InChI=1S/C26H21Cl3N2O3/c1-3-33-26(32)22-5-4-6-25(30-22)31-16(2)7-11-23(31)20-13-18(27)10-12-24(20)34-15-17-8-9-19(28)14-21(17)29/h4-14H,3,15H2,1-2H3. The van der Waals surface area contributed by atoms with Gasteiger partial charge < -0.3 is 9.47 Å². The Bertz CT molecular complexity index is 1350. The van der Waals surface area contributed by atoms with Crippen molar-refractivity contribution in [2.45, 2.75) is 20.5 Å². The van der Waals surface area contributed by atoms with E-state index in [-0.39, 0.29) is 18.9 Å². The lowest BCUT2D eigenvalue weighted by atomic mass is 10.1. The van der Waals surface area contributed by atoms with Crippen LogP contribution >= 0.6 is 34.8 Å². The smallest absolute Gasteiger partial charge is 0.356 e. The summed E-state index contributed by atoms with van der Waals surface area (Å²) in [4.78, 5) is 16.8. The van der Waals surface area contributed by atoms with E-state index in [2.05, 4.69) is 4.98 Å². The van der Waals surface area contributed by atoms with E-state index < -0.39 is 5.97 Å². The van der Waals surface area contributed by atoms with Crippen LogP contribution in [0.1, 0.15) is 28.7 Å². The Balaban J connectivity index is 1.73. The number of aryl methyl sites for hydroxylation is 1. The van der Waals surface area contributed by atoms with Gasteiger partial charge in [-0.2, -0.15) is 0 Å². The third kappa shape index (κ3) is 5.22. The summed E-state index contributed by atoms with van der Waals surface area (Å²) in [7, 11) is 0. The zero-order valence-corrected chi connectivity index (χ0v) is 20.8. The summed E-state index contributed by atoms with van der Waals surface area (Å²) in [6.45, 7) is 4.24. The predicted molar refractivity (Wildman–Crippen MR) is 135 cm³/mol. The molecule has 2 heterocycles. The van der Waals surface area contributed by atoms with Gasteiger partial charge in [-0.1, -0.05) is 46.9 Å². The maximum atomic E-state index is 12.2. The van der Waals surface area contributed by atoms with Crippen molar-refractivity contribution in [3.8, 4) is 22.8 Å². The number of carbonyl (C=O) groups excluding carboxylic acids is 1. The summed E-state index contributed by atoms with van der Waals surface area (Å²) in [5, 5.41) is 1.65. The number of carbonyl (C=O) groups is 1. The van der Waals surface area contributed by atoms with E-state index in [1.807, 2.05) is 47.9 Å². The SMILES string of the molecule is CCOC(=O)c1cccc(-n2c(C)ccc2-c2cc(Cl)ccc2OCc2ccc(Cl)cc2Cl)n1. The third-order valence-corrected chi connectivity index (χ3v) is 5.96. The number of esters is 1. The van der Waals surface area contributed by atoms with Crippen molar-refractivity contribution >= 4 is 40.8 Å². The Kier molecular flexibility index (Phi) is 7.47. The molecule has 0 N–H and O–H groups in total. The molecule has 0 saturated carbocycles. The van der Waals surface area contributed by atoms with Crippen molar-refractivity contribution in [2.75, 3.05) is 6.61 Å². The normalized spacial score (nSPS) is 10.9. The molecule has 4 rings (SSSR count). The molecule has 4 aromatic rings. The number of halogens is 3. The molecule has 8 heteroatoms. The van der Waals surface area contributed by atoms with Crippen LogP contribution in [0, 0.1) is 6.92 Å². The second kappa shape index (κ2) is 10.5. The number of pyridine rings is 1. The van der Waals surface area contributed by atoms with Crippen LogP contribution in [0.5, 0.6) is 5.75 Å². The van der Waals surface area contributed by atoms with E-state index in [4.69, 9.17) is 44.3 Å². The van der Waals surface area contributed by atoms with Gasteiger partial charge in [-0.3, -0.25) is 4.57 Å². The lowest BCUT2D eigenvalue weighted by Gasteiger charge is -2.16.